The molecule has 0 atom stereocenters. The number of aromatic amines is 2. The maximum Gasteiger partial charge on any atom is 0.198 e. The van der Waals surface area contributed by atoms with Crippen LogP contribution in [0.15, 0.2) is 91.0 Å². The molecular formula is C31H31ClIN4O2-. The largest absolute Gasteiger partial charge is 0.353 e. The number of Topliss-reactive ketones (excluding diaryl/α,β-unsaturated/α-hetero) is 2. The number of carbonyl (C=O) groups is 2. The SMILES string of the molecule is Cl.NNc1ccccc1.O=C1CCCCC1=O.[CH2-]I.c1ccc2c(c1)[nH]c1c2ccc2c3ccccc3[nH]c21. The van der Waals surface area contributed by atoms with E-state index < -0.39 is 0 Å². The lowest BCUT2D eigenvalue weighted by atomic mass is 9.98. The number of nitrogens with two attached hydrogens (primary N) is 1. The number of benzene rings is 4. The van der Waals surface area contributed by atoms with E-state index in [-0.39, 0.29) is 24.0 Å². The second-order valence-corrected chi connectivity index (χ2v) is 8.82. The third-order valence-electron chi connectivity index (χ3n) is 6.47. The van der Waals surface area contributed by atoms with E-state index >= 15 is 0 Å². The van der Waals surface area contributed by atoms with Crippen LogP contribution < -0.4 is 11.3 Å². The van der Waals surface area contributed by atoms with Gasteiger partial charge in [0.15, 0.2) is 11.6 Å². The molecule has 0 bridgehead atoms. The van der Waals surface area contributed by atoms with Crippen LogP contribution in [0, 0.1) is 4.93 Å². The summed E-state index contributed by atoms with van der Waals surface area (Å²) in [6, 6.07) is 31.0. The van der Waals surface area contributed by atoms with Crippen LogP contribution in [0.2, 0.25) is 0 Å². The first-order valence-electron chi connectivity index (χ1n) is 12.4. The maximum atomic E-state index is 10.4. The van der Waals surface area contributed by atoms with Crippen LogP contribution in [0.5, 0.6) is 0 Å². The van der Waals surface area contributed by atoms with Gasteiger partial charge in [0.1, 0.15) is 0 Å². The molecule has 1 aliphatic carbocycles. The smallest absolute Gasteiger partial charge is 0.198 e. The number of hydrogen-bond acceptors (Lipinski definition) is 4. The van der Waals surface area contributed by atoms with Crippen LogP contribution in [-0.2, 0) is 9.59 Å². The molecule has 2 aromatic heterocycles. The van der Waals surface area contributed by atoms with Gasteiger partial charge in [0.2, 0.25) is 0 Å². The maximum absolute atomic E-state index is 10.4. The number of fused-ring (bicyclic) bond motifs is 7. The highest BCUT2D eigenvalue weighted by Gasteiger charge is 2.17. The summed E-state index contributed by atoms with van der Waals surface area (Å²) in [7, 11) is 0. The Morgan fingerprint density at radius 2 is 1.03 bits per heavy atom. The van der Waals surface area contributed by atoms with Crippen molar-refractivity contribution >= 4 is 95.9 Å². The van der Waals surface area contributed by atoms with Crippen LogP contribution in [0.25, 0.3) is 43.6 Å². The van der Waals surface area contributed by atoms with E-state index in [4.69, 9.17) is 5.84 Å². The Balaban J connectivity index is 0.000000185. The third-order valence-corrected chi connectivity index (χ3v) is 6.47. The monoisotopic (exact) mass is 653 g/mol. The average Bonchev–Trinajstić information content (AvgIpc) is 3.55. The molecule has 0 radical (unpaired) electrons. The van der Waals surface area contributed by atoms with Gasteiger partial charge in [0.05, 0.1) is 11.0 Å². The number of para-hydroxylation sites is 3. The Bertz CT molecular complexity index is 1570. The van der Waals surface area contributed by atoms with Crippen molar-refractivity contribution in [3.8, 4) is 0 Å². The van der Waals surface area contributed by atoms with Crippen molar-refractivity contribution in [1.82, 2.24) is 9.97 Å². The van der Waals surface area contributed by atoms with Gasteiger partial charge in [0.25, 0.3) is 0 Å². The van der Waals surface area contributed by atoms with Crippen LogP contribution in [0.4, 0.5) is 5.69 Å². The van der Waals surface area contributed by atoms with Crippen LogP contribution in [0.3, 0.4) is 0 Å². The minimum absolute atomic E-state index is 0. The van der Waals surface area contributed by atoms with Crippen molar-refractivity contribution in [2.24, 2.45) is 5.84 Å². The van der Waals surface area contributed by atoms with Crippen LogP contribution in [-0.4, -0.2) is 21.5 Å². The van der Waals surface area contributed by atoms with Gasteiger partial charge in [-0.15, -0.1) is 12.4 Å². The molecule has 4 aromatic carbocycles. The van der Waals surface area contributed by atoms with Crippen LogP contribution in [0.1, 0.15) is 25.7 Å². The molecule has 1 fully saturated rings. The molecule has 1 saturated carbocycles. The summed E-state index contributed by atoms with van der Waals surface area (Å²) in [5.41, 5.74) is 8.23. The highest BCUT2D eigenvalue weighted by atomic mass is 127. The summed E-state index contributed by atoms with van der Waals surface area (Å²) in [6.07, 6.45) is 2.78. The molecule has 6 nitrogen and oxygen atoms in total. The van der Waals surface area contributed by atoms with Crippen molar-refractivity contribution in [1.29, 1.82) is 0 Å². The van der Waals surface area contributed by atoms with Crippen molar-refractivity contribution in [2.75, 3.05) is 5.43 Å². The zero-order valence-electron chi connectivity index (χ0n) is 21.4. The lowest BCUT2D eigenvalue weighted by Gasteiger charge is -2.04. The molecule has 202 valence electrons. The van der Waals surface area contributed by atoms with E-state index in [1.165, 1.54) is 43.6 Å². The Kier molecular flexibility index (Phi) is 11.3. The number of H-pyrrole nitrogens is 2. The van der Waals surface area contributed by atoms with E-state index in [1.807, 2.05) is 52.9 Å². The minimum Gasteiger partial charge on any atom is -0.353 e. The Hall–Kier alpha value is -3.40. The summed E-state index contributed by atoms with van der Waals surface area (Å²) < 4.78 is 0. The van der Waals surface area contributed by atoms with Gasteiger partial charge < -0.3 is 38.0 Å². The second-order valence-electron chi connectivity index (χ2n) is 8.82. The van der Waals surface area contributed by atoms with E-state index in [0.29, 0.717) is 12.8 Å². The van der Waals surface area contributed by atoms with Crippen molar-refractivity contribution in [2.45, 2.75) is 25.7 Å². The lowest BCUT2D eigenvalue weighted by molar-refractivity contribution is -0.137. The molecule has 0 saturated heterocycles. The number of carbonyl (C=O) groups excluding carboxylic acids is 2. The number of nitrogens with one attached hydrogen (secondary N) is 3. The van der Waals surface area contributed by atoms with Gasteiger partial charge >= 0.3 is 0 Å². The molecule has 0 amide bonds. The lowest BCUT2D eigenvalue weighted by Crippen LogP contribution is -2.17. The standard InChI is InChI=1S/C18H12N2.C6H8N2.C6H8O2.CH2I.ClH/c1-3-7-15-11(5-1)13-9-10-14-12-6-2-4-8-16(12)20-18(14)17(13)19-15;7-8-6-4-2-1-3-5-6;7-5-3-1-2-4-6(5)8;1-2;/h1-10,19-20H;1-5,8H,7H2;1-4H2;1H2;1H/q;;;-1;. The fourth-order valence-electron chi connectivity index (χ4n) is 4.62. The quantitative estimate of drug-likeness (QED) is 0.0472. The average molecular weight is 654 g/mol. The molecule has 39 heavy (non-hydrogen) atoms. The Morgan fingerprint density at radius 1 is 0.615 bits per heavy atom. The topological polar surface area (TPSA) is 104 Å². The van der Waals surface area contributed by atoms with Crippen LogP contribution >= 0.6 is 35.0 Å². The van der Waals surface area contributed by atoms with Gasteiger partial charge in [-0.25, -0.2) is 0 Å². The van der Waals surface area contributed by atoms with Gasteiger partial charge in [-0.1, -0.05) is 66.7 Å². The summed E-state index contributed by atoms with van der Waals surface area (Å²) >= 11 is 1.90. The highest BCUT2D eigenvalue weighted by Crippen LogP contribution is 2.34. The first kappa shape index (κ1) is 30.1. The van der Waals surface area contributed by atoms with Gasteiger partial charge in [-0.05, 0) is 37.1 Å². The number of aromatic nitrogens is 2. The minimum atomic E-state index is -0.170. The molecule has 7 rings (SSSR count). The zero-order valence-corrected chi connectivity index (χ0v) is 24.3. The molecule has 5 N–H and O–H groups in total. The van der Waals surface area contributed by atoms with E-state index in [2.05, 4.69) is 81.0 Å². The van der Waals surface area contributed by atoms with E-state index in [1.54, 1.807) is 0 Å². The van der Waals surface area contributed by atoms with E-state index in [0.717, 1.165) is 18.5 Å². The second kappa shape index (κ2) is 14.7. The number of halogens is 2. The fraction of sp³-hybridized carbons (Fsp3) is 0.129. The van der Waals surface area contributed by atoms with Gasteiger partial charge in [-0.3, -0.25) is 20.4 Å². The third kappa shape index (κ3) is 6.98. The summed E-state index contributed by atoms with van der Waals surface area (Å²) in [6.45, 7) is 0. The molecule has 0 aliphatic heterocycles. The molecule has 2 heterocycles. The number of rotatable bonds is 1. The predicted octanol–water partition coefficient (Wildman–Crippen LogP) is 8.26. The Morgan fingerprint density at radius 3 is 1.41 bits per heavy atom. The number of anilines is 1. The zero-order chi connectivity index (χ0) is 26.9. The number of hydrazine groups is 1. The van der Waals surface area contributed by atoms with E-state index in [9.17, 15) is 9.59 Å². The summed E-state index contributed by atoms with van der Waals surface area (Å²) in [4.78, 5) is 31.2. The number of ketones is 2. The molecular weight excluding hydrogens is 623 g/mol. The van der Waals surface area contributed by atoms with Gasteiger partial charge in [0, 0.05) is 51.1 Å². The van der Waals surface area contributed by atoms with Gasteiger partial charge in [-0.2, -0.15) is 0 Å². The molecule has 0 unspecified atom stereocenters. The first-order valence-corrected chi connectivity index (χ1v) is 13.9. The summed E-state index contributed by atoms with van der Waals surface area (Å²) in [5.74, 6) is 4.76. The van der Waals surface area contributed by atoms with Crippen molar-refractivity contribution in [3.63, 3.8) is 0 Å². The molecule has 1 aliphatic rings. The predicted molar refractivity (Wildman–Crippen MR) is 175 cm³/mol. The van der Waals surface area contributed by atoms with Crippen molar-refractivity contribution in [3.05, 3.63) is 95.9 Å². The van der Waals surface area contributed by atoms with Crippen molar-refractivity contribution < 1.29 is 9.59 Å². The molecule has 0 spiro atoms. The Labute approximate surface area is 247 Å². The number of hydrogen-bond donors (Lipinski definition) is 4. The fourth-order valence-corrected chi connectivity index (χ4v) is 4.62. The molecule has 6 aromatic rings. The first-order chi connectivity index (χ1) is 18.7. The highest BCUT2D eigenvalue weighted by molar-refractivity contribution is 14.1. The summed E-state index contributed by atoms with van der Waals surface area (Å²) in [5, 5.41) is 5.12. The normalized spacial score (nSPS) is 12.5. The molecule has 8 heteroatoms. The number of nitrogen functional groups attached to an aromatic ring is 1.